The van der Waals surface area contributed by atoms with Gasteiger partial charge in [-0.15, -0.1) is 0 Å². The zero-order valence-corrected chi connectivity index (χ0v) is 17.0. The van der Waals surface area contributed by atoms with E-state index in [1.54, 1.807) is 24.3 Å². The molecule has 1 N–H and O–H groups in total. The minimum atomic E-state index is -1.02. The van der Waals surface area contributed by atoms with Gasteiger partial charge in [-0.05, 0) is 62.3 Å². The number of nitrogens with one attached hydrogen (secondary N) is 1. The minimum Gasteiger partial charge on any atom is -0.454 e. The van der Waals surface area contributed by atoms with Gasteiger partial charge in [0, 0.05) is 10.2 Å². The molecular formula is C20H21BrN2O5. The molecule has 5 atom stereocenters. The van der Waals surface area contributed by atoms with Crippen LogP contribution in [0.4, 0.5) is 5.69 Å². The number of rotatable bonds is 5. The number of hydrogen-bond donors (Lipinski definition) is 1. The first-order valence-corrected chi connectivity index (χ1v) is 10.2. The van der Waals surface area contributed by atoms with Crippen molar-refractivity contribution in [1.29, 1.82) is 0 Å². The van der Waals surface area contributed by atoms with Crippen molar-refractivity contribution in [3.05, 3.63) is 28.7 Å². The first-order chi connectivity index (χ1) is 13.4. The smallest absolute Gasteiger partial charge is 0.329 e. The maximum absolute atomic E-state index is 12.8. The Balaban J connectivity index is 1.33. The molecule has 4 rings (SSSR count). The topological polar surface area (TPSA) is 92.8 Å². The number of nitrogens with zero attached hydrogens (tertiary/aromatic N) is 1. The summed E-state index contributed by atoms with van der Waals surface area (Å²) in [5.74, 6) is -1.79. The van der Waals surface area contributed by atoms with Crippen LogP contribution in [0, 0.1) is 23.7 Å². The van der Waals surface area contributed by atoms with E-state index in [4.69, 9.17) is 4.74 Å². The number of fused-ring (bicyclic) bond motifs is 5. The molecule has 2 aliphatic carbocycles. The second-order valence-corrected chi connectivity index (χ2v) is 8.69. The average Bonchev–Trinajstić information content (AvgIpc) is 3.35. The third kappa shape index (κ3) is 3.23. The molecule has 0 unspecified atom stereocenters. The van der Waals surface area contributed by atoms with Crippen molar-refractivity contribution in [2.24, 2.45) is 23.7 Å². The average molecular weight is 449 g/mol. The molecule has 2 bridgehead atoms. The maximum atomic E-state index is 12.8. The third-order valence-corrected chi connectivity index (χ3v) is 6.69. The number of ether oxygens (including phenoxy) is 1. The quantitative estimate of drug-likeness (QED) is 0.551. The Kier molecular flexibility index (Phi) is 4.99. The van der Waals surface area contributed by atoms with Gasteiger partial charge < -0.3 is 10.1 Å². The van der Waals surface area contributed by atoms with E-state index in [1.807, 2.05) is 0 Å². The lowest BCUT2D eigenvalue weighted by molar-refractivity contribution is -0.159. The number of imide groups is 1. The summed E-state index contributed by atoms with van der Waals surface area (Å²) in [6, 6.07) is 5.95. The molecule has 1 heterocycles. The number of halogens is 1. The summed E-state index contributed by atoms with van der Waals surface area (Å²) >= 11 is 3.31. The molecule has 1 aromatic rings. The molecule has 8 heteroatoms. The lowest BCUT2D eigenvalue weighted by atomic mass is 9.81. The highest BCUT2D eigenvalue weighted by Gasteiger charge is 2.62. The van der Waals surface area contributed by atoms with Crippen LogP contribution in [0.1, 0.15) is 26.2 Å². The molecule has 2 saturated carbocycles. The van der Waals surface area contributed by atoms with Crippen molar-refractivity contribution in [1.82, 2.24) is 4.90 Å². The molecule has 1 aromatic carbocycles. The molecule has 0 spiro atoms. The van der Waals surface area contributed by atoms with Crippen molar-refractivity contribution in [3.8, 4) is 0 Å². The number of amides is 3. The third-order valence-electron chi connectivity index (χ3n) is 6.16. The van der Waals surface area contributed by atoms with E-state index >= 15 is 0 Å². The first-order valence-electron chi connectivity index (χ1n) is 9.45. The second kappa shape index (κ2) is 7.31. The number of benzene rings is 1. The van der Waals surface area contributed by atoms with Crippen molar-refractivity contribution < 1.29 is 23.9 Å². The molecule has 28 heavy (non-hydrogen) atoms. The molecule has 3 aliphatic rings. The monoisotopic (exact) mass is 448 g/mol. The van der Waals surface area contributed by atoms with E-state index in [0.717, 1.165) is 28.6 Å². The summed E-state index contributed by atoms with van der Waals surface area (Å²) in [5.41, 5.74) is 0.575. The minimum absolute atomic E-state index is 0.258. The van der Waals surface area contributed by atoms with Crippen molar-refractivity contribution >= 4 is 45.3 Å². The largest absolute Gasteiger partial charge is 0.454 e. The summed E-state index contributed by atoms with van der Waals surface area (Å²) < 4.78 is 5.93. The predicted octanol–water partition coefficient (Wildman–Crippen LogP) is 2.35. The van der Waals surface area contributed by atoms with E-state index in [-0.39, 0.29) is 35.5 Å². The van der Waals surface area contributed by atoms with Crippen LogP contribution in [-0.4, -0.2) is 41.2 Å². The van der Waals surface area contributed by atoms with E-state index in [2.05, 4.69) is 21.2 Å². The summed E-state index contributed by atoms with van der Waals surface area (Å²) in [5, 5.41) is 2.62. The SMILES string of the molecule is C[C@H](C(=O)OCC(=O)Nc1ccc(Br)cc1)N1C(=O)[C@@H]2[C@H]3CC[C@@H](C3)[C@H]2C1=O. The number of likely N-dealkylation sites (tertiary alicyclic amines) is 1. The zero-order valence-electron chi connectivity index (χ0n) is 15.4. The normalized spacial score (nSPS) is 29.0. The molecule has 148 valence electrons. The molecular weight excluding hydrogens is 428 g/mol. The van der Waals surface area contributed by atoms with Crippen molar-refractivity contribution in [3.63, 3.8) is 0 Å². The predicted molar refractivity (Wildman–Crippen MR) is 103 cm³/mol. The van der Waals surface area contributed by atoms with Crippen LogP contribution in [0.15, 0.2) is 28.7 Å². The zero-order chi connectivity index (χ0) is 20.0. The second-order valence-electron chi connectivity index (χ2n) is 7.77. The molecule has 3 fully saturated rings. The standard InChI is InChI=1S/C20H21BrN2O5/c1-10(20(27)28-9-15(24)22-14-6-4-13(21)5-7-14)23-18(25)16-11-2-3-12(8-11)17(16)19(23)26/h4-7,10-12,16-17H,2-3,8-9H2,1H3,(H,22,24)/t10-,11+,12+,16-,17-/m1/s1. The molecule has 1 aliphatic heterocycles. The van der Waals surface area contributed by atoms with Gasteiger partial charge in [0.2, 0.25) is 11.8 Å². The van der Waals surface area contributed by atoms with E-state index in [1.165, 1.54) is 6.92 Å². The van der Waals surface area contributed by atoms with Gasteiger partial charge in [-0.3, -0.25) is 19.3 Å². The van der Waals surface area contributed by atoms with Gasteiger partial charge in [-0.2, -0.15) is 0 Å². The van der Waals surface area contributed by atoms with Gasteiger partial charge in [0.15, 0.2) is 6.61 Å². The highest BCUT2D eigenvalue weighted by atomic mass is 79.9. The van der Waals surface area contributed by atoms with Gasteiger partial charge in [0.25, 0.3) is 5.91 Å². The molecule has 7 nitrogen and oxygen atoms in total. The molecule has 0 aromatic heterocycles. The Morgan fingerprint density at radius 2 is 1.71 bits per heavy atom. The number of anilines is 1. The van der Waals surface area contributed by atoms with Crippen LogP contribution in [0.5, 0.6) is 0 Å². The first kappa shape index (κ1) is 19.1. The van der Waals surface area contributed by atoms with E-state index in [9.17, 15) is 19.2 Å². The highest BCUT2D eigenvalue weighted by molar-refractivity contribution is 9.10. The number of carbonyl (C=O) groups is 4. The Labute approximate surface area is 170 Å². The van der Waals surface area contributed by atoms with Crippen molar-refractivity contribution in [2.75, 3.05) is 11.9 Å². The summed E-state index contributed by atoms with van der Waals surface area (Å²) in [7, 11) is 0. The fourth-order valence-electron chi connectivity index (χ4n) is 4.91. The molecule has 1 saturated heterocycles. The van der Waals surface area contributed by atoms with Gasteiger partial charge in [0.1, 0.15) is 6.04 Å². The Hall–Kier alpha value is -2.22. The Morgan fingerprint density at radius 3 is 2.29 bits per heavy atom. The fraction of sp³-hybridized carbons (Fsp3) is 0.500. The fourth-order valence-corrected chi connectivity index (χ4v) is 5.17. The summed E-state index contributed by atoms with van der Waals surface area (Å²) in [6.07, 6.45) is 2.90. The van der Waals surface area contributed by atoms with Crippen LogP contribution >= 0.6 is 15.9 Å². The lowest BCUT2D eigenvalue weighted by Crippen LogP contribution is -2.45. The van der Waals surface area contributed by atoms with Gasteiger partial charge >= 0.3 is 5.97 Å². The van der Waals surface area contributed by atoms with Gasteiger partial charge in [0.05, 0.1) is 11.8 Å². The van der Waals surface area contributed by atoms with Crippen molar-refractivity contribution in [2.45, 2.75) is 32.2 Å². The van der Waals surface area contributed by atoms with Gasteiger partial charge in [-0.1, -0.05) is 15.9 Å². The van der Waals surface area contributed by atoms with Crippen LogP contribution < -0.4 is 5.32 Å². The molecule has 0 radical (unpaired) electrons. The number of esters is 1. The van der Waals surface area contributed by atoms with Crippen LogP contribution in [-0.2, 0) is 23.9 Å². The highest BCUT2D eigenvalue weighted by Crippen LogP contribution is 2.56. The maximum Gasteiger partial charge on any atom is 0.329 e. The van der Waals surface area contributed by atoms with Crippen LogP contribution in [0.3, 0.4) is 0 Å². The lowest BCUT2D eigenvalue weighted by Gasteiger charge is -2.23. The van der Waals surface area contributed by atoms with Gasteiger partial charge in [-0.25, -0.2) is 4.79 Å². The van der Waals surface area contributed by atoms with E-state index < -0.39 is 24.5 Å². The number of hydrogen-bond acceptors (Lipinski definition) is 5. The summed E-state index contributed by atoms with van der Waals surface area (Å²) in [4.78, 5) is 50.9. The Bertz CT molecular complexity index is 812. The van der Waals surface area contributed by atoms with E-state index in [0.29, 0.717) is 5.69 Å². The van der Waals surface area contributed by atoms with Crippen LogP contribution in [0.25, 0.3) is 0 Å². The Morgan fingerprint density at radius 1 is 1.14 bits per heavy atom. The van der Waals surface area contributed by atoms with Crippen LogP contribution in [0.2, 0.25) is 0 Å². The number of carbonyl (C=O) groups excluding carboxylic acids is 4. The molecule has 3 amide bonds. The summed E-state index contributed by atoms with van der Waals surface area (Å²) in [6.45, 7) is 1.00.